The van der Waals surface area contributed by atoms with E-state index in [-0.39, 0.29) is 22.5 Å². The van der Waals surface area contributed by atoms with E-state index in [1.165, 1.54) is 33.3 Å². The monoisotopic (exact) mass is 607 g/mol. The van der Waals surface area contributed by atoms with E-state index in [0.717, 1.165) is 58.3 Å². The summed E-state index contributed by atoms with van der Waals surface area (Å²) in [6, 6.07) is 6.96. The molecule has 0 radical (unpaired) electrons. The Morgan fingerprint density at radius 3 is 2.30 bits per heavy atom. The number of aliphatic hydroxyl groups is 2. The molecule has 6 heteroatoms. The van der Waals surface area contributed by atoms with E-state index >= 15 is 0 Å². The van der Waals surface area contributed by atoms with Crippen LogP contribution in [0.5, 0.6) is 0 Å². The maximum absolute atomic E-state index is 13.1. The summed E-state index contributed by atoms with van der Waals surface area (Å²) in [4.78, 5) is 17.0. The topological polar surface area (TPSA) is 91.8 Å². The van der Waals surface area contributed by atoms with Gasteiger partial charge in [-0.3, -0.25) is 4.79 Å². The largest absolute Gasteiger partial charge is 0.400 e. The lowest BCUT2D eigenvalue weighted by atomic mass is 9.44. The van der Waals surface area contributed by atoms with Gasteiger partial charge in [-0.15, -0.1) is 12.8 Å². The predicted octanol–water partition coefficient (Wildman–Crippen LogP) is 7.46. The fraction of sp³-hybridized carbons (Fsp3) is 0.605. The fourth-order valence-corrected chi connectivity index (χ4v) is 8.37. The molecule has 6 nitrogen and oxygen atoms in total. The first-order chi connectivity index (χ1) is 20.9. The molecule has 2 unspecified atom stereocenters. The van der Waals surface area contributed by atoms with Crippen LogP contribution in [0.1, 0.15) is 97.9 Å². The molecule has 1 aromatic carbocycles. The molecular weight excluding hydrogens is 550 g/mol. The fourth-order valence-electron chi connectivity index (χ4n) is 8.37. The molecule has 1 aromatic heterocycles. The number of ketones is 1. The molecule has 0 saturated heterocycles. The van der Waals surface area contributed by atoms with Crippen molar-refractivity contribution < 1.29 is 24.5 Å². The molecule has 0 bridgehead atoms. The van der Waals surface area contributed by atoms with E-state index in [0.29, 0.717) is 5.92 Å². The second-order valence-electron chi connectivity index (χ2n) is 13.0. The number of allylic oxidation sites excluding steroid dienone is 2. The van der Waals surface area contributed by atoms with Crippen molar-refractivity contribution in [2.24, 2.45) is 17.3 Å². The van der Waals surface area contributed by atoms with E-state index in [2.05, 4.69) is 69.8 Å². The zero-order valence-corrected chi connectivity index (χ0v) is 29.1. The summed E-state index contributed by atoms with van der Waals surface area (Å²) in [5.41, 5.74) is 7.21. The maximum atomic E-state index is 13.1. The van der Waals surface area contributed by atoms with Crippen molar-refractivity contribution in [1.82, 2.24) is 4.98 Å². The molecule has 4 aliphatic rings. The first kappa shape index (κ1) is 37.5. The average Bonchev–Trinajstić information content (AvgIpc) is 3.55. The van der Waals surface area contributed by atoms with Crippen LogP contribution in [0, 0.1) is 30.1 Å². The van der Waals surface area contributed by atoms with Crippen molar-refractivity contribution in [3.63, 3.8) is 0 Å². The Morgan fingerprint density at radius 2 is 1.70 bits per heavy atom. The van der Waals surface area contributed by atoms with Gasteiger partial charge in [0.25, 0.3) is 0 Å². The molecule has 2 aromatic rings. The second kappa shape index (κ2) is 14.6. The average molecular weight is 608 g/mol. The Morgan fingerprint density at radius 1 is 1.07 bits per heavy atom. The SMILES string of the molecule is C#C.CC.CO.CO.CO[C@]12CC[C@@]3(C)C(CCC4Cc5c([nH]c6ccc(CC=C(C)C)cc56)[C@@]43C)C1=CC(=O)C(C)(C)O2. The van der Waals surface area contributed by atoms with Gasteiger partial charge in [-0.05, 0) is 112 Å². The van der Waals surface area contributed by atoms with Gasteiger partial charge in [-0.25, -0.2) is 0 Å². The van der Waals surface area contributed by atoms with Crippen LogP contribution in [0.4, 0.5) is 0 Å². The van der Waals surface area contributed by atoms with Crippen LogP contribution in [-0.4, -0.2) is 53.7 Å². The Kier molecular flexibility index (Phi) is 12.4. The Balaban J connectivity index is 0.000000783. The molecule has 0 amide bonds. The molecule has 5 atom stereocenters. The minimum absolute atomic E-state index is 0.0150. The van der Waals surface area contributed by atoms with Crippen LogP contribution in [0.15, 0.2) is 41.5 Å². The Labute approximate surface area is 266 Å². The van der Waals surface area contributed by atoms with Crippen LogP contribution in [0.25, 0.3) is 10.9 Å². The number of fused-ring (bicyclic) bond motifs is 9. The molecule has 2 fully saturated rings. The van der Waals surface area contributed by atoms with Gasteiger partial charge in [0.1, 0.15) is 5.60 Å². The van der Waals surface area contributed by atoms with Crippen LogP contribution < -0.4 is 0 Å². The van der Waals surface area contributed by atoms with Crippen LogP contribution >= 0.6 is 0 Å². The molecule has 3 N–H and O–H groups in total. The summed E-state index contributed by atoms with van der Waals surface area (Å²) < 4.78 is 12.6. The van der Waals surface area contributed by atoms with Gasteiger partial charge in [0.2, 0.25) is 0 Å². The number of nitrogens with one attached hydrogen (secondary N) is 1. The Hall–Kier alpha value is -2.69. The van der Waals surface area contributed by atoms with E-state index in [9.17, 15) is 4.79 Å². The van der Waals surface area contributed by atoms with Crippen LogP contribution in [-0.2, 0) is 32.5 Å². The highest BCUT2D eigenvalue weighted by Crippen LogP contribution is 2.69. The number of hydrogen-bond donors (Lipinski definition) is 3. The smallest absolute Gasteiger partial charge is 0.192 e. The van der Waals surface area contributed by atoms with Gasteiger partial charge in [0.05, 0.1) is 0 Å². The summed E-state index contributed by atoms with van der Waals surface area (Å²) in [5.74, 6) is 0.145. The number of aliphatic hydroxyl groups excluding tert-OH is 2. The van der Waals surface area contributed by atoms with Crippen LogP contribution in [0.2, 0.25) is 0 Å². The van der Waals surface area contributed by atoms with E-state index < -0.39 is 11.4 Å². The molecule has 244 valence electrons. The lowest BCUT2D eigenvalue weighted by Crippen LogP contribution is -2.63. The summed E-state index contributed by atoms with van der Waals surface area (Å²) in [5, 5.41) is 15.4. The number of hydrogen-bond acceptors (Lipinski definition) is 5. The number of methoxy groups -OCH3 is 1. The number of aromatic amines is 1. The van der Waals surface area contributed by atoms with Crippen molar-refractivity contribution in [3.05, 3.63) is 58.3 Å². The zero-order chi connectivity index (χ0) is 33.7. The van der Waals surface area contributed by atoms with Crippen molar-refractivity contribution >= 4 is 16.7 Å². The van der Waals surface area contributed by atoms with E-state index in [1.54, 1.807) is 7.11 Å². The highest BCUT2D eigenvalue weighted by molar-refractivity contribution is 5.98. The molecule has 1 aliphatic heterocycles. The highest BCUT2D eigenvalue weighted by Gasteiger charge is 2.67. The number of aromatic nitrogens is 1. The quantitative estimate of drug-likeness (QED) is 0.249. The van der Waals surface area contributed by atoms with Crippen molar-refractivity contribution in [2.45, 2.75) is 111 Å². The minimum atomic E-state index is -0.852. The van der Waals surface area contributed by atoms with Gasteiger partial charge in [0, 0.05) is 49.8 Å². The van der Waals surface area contributed by atoms with Crippen molar-refractivity contribution in [2.75, 3.05) is 21.3 Å². The van der Waals surface area contributed by atoms with Gasteiger partial charge in [-0.1, -0.05) is 45.4 Å². The van der Waals surface area contributed by atoms with E-state index in [1.807, 2.05) is 33.8 Å². The lowest BCUT2D eigenvalue weighted by molar-refractivity contribution is -0.273. The third-order valence-electron chi connectivity index (χ3n) is 10.7. The summed E-state index contributed by atoms with van der Waals surface area (Å²) in [6.07, 6.45) is 18.4. The first-order valence-corrected chi connectivity index (χ1v) is 16.0. The highest BCUT2D eigenvalue weighted by atomic mass is 16.7. The lowest BCUT2D eigenvalue weighted by Gasteiger charge is -2.63. The number of carbonyl (C=O) groups is 1. The molecule has 44 heavy (non-hydrogen) atoms. The first-order valence-electron chi connectivity index (χ1n) is 16.0. The molecular formula is C38H57NO5. The number of terminal acetylenes is 1. The molecule has 3 aliphatic carbocycles. The number of ether oxygens (including phenoxy) is 2. The number of benzene rings is 1. The van der Waals surface area contributed by atoms with Gasteiger partial charge >= 0.3 is 0 Å². The van der Waals surface area contributed by atoms with Gasteiger partial charge in [0.15, 0.2) is 11.6 Å². The predicted molar refractivity (Wildman–Crippen MR) is 182 cm³/mol. The maximum Gasteiger partial charge on any atom is 0.192 e. The molecule has 2 saturated carbocycles. The van der Waals surface area contributed by atoms with Crippen molar-refractivity contribution in [3.8, 4) is 12.8 Å². The number of carbonyl (C=O) groups excluding carboxylic acids is 1. The normalized spacial score (nSPS) is 30.3. The number of H-pyrrole nitrogens is 1. The summed E-state index contributed by atoms with van der Waals surface area (Å²) >= 11 is 0. The molecule has 0 spiro atoms. The van der Waals surface area contributed by atoms with E-state index in [4.69, 9.17) is 19.7 Å². The number of rotatable bonds is 3. The van der Waals surface area contributed by atoms with Gasteiger partial charge < -0.3 is 24.7 Å². The van der Waals surface area contributed by atoms with Gasteiger partial charge in [-0.2, -0.15) is 0 Å². The van der Waals surface area contributed by atoms with Crippen molar-refractivity contribution in [1.29, 1.82) is 0 Å². The van der Waals surface area contributed by atoms with Crippen LogP contribution in [0.3, 0.4) is 0 Å². The third-order valence-corrected chi connectivity index (χ3v) is 10.7. The summed E-state index contributed by atoms with van der Waals surface area (Å²) in [6.45, 7) is 17.1. The summed E-state index contributed by atoms with van der Waals surface area (Å²) in [7, 11) is 3.74. The second-order valence-corrected chi connectivity index (χ2v) is 13.0. The molecule has 6 rings (SSSR count). The Bertz CT molecular complexity index is 1380. The zero-order valence-electron chi connectivity index (χ0n) is 29.1. The third kappa shape index (κ3) is 5.85. The minimum Gasteiger partial charge on any atom is -0.400 e. The standard InChI is InChI=1S/C32H41NO3.C2H6.C2H2.2CH4O/c1-19(2)8-9-20-10-13-26-22(16-20)23-17-21-11-12-24-25-18-27(34)29(3,4)36-32(25,35-7)15-14-30(24,5)31(21,6)28(23)33-26;4*1-2/h8,10,13,16,18,21,24,33H,9,11-12,14-15,17H2,1-7H3;1-2H3;1-2H;2*2H,1H3/t21?,24?,30-,31+,32-;;;;/m0..../s1. The molecule has 2 heterocycles.